The van der Waals surface area contributed by atoms with Crippen LogP contribution in [0.15, 0.2) is 24.3 Å². The minimum Gasteiger partial charge on any atom is -0.462 e. The van der Waals surface area contributed by atoms with Crippen molar-refractivity contribution in [2.75, 3.05) is 26.4 Å². The molecule has 0 spiro atoms. The average molecular weight is 987 g/mol. The van der Waals surface area contributed by atoms with E-state index in [1.807, 2.05) is 0 Å². The Kier molecular flexibility index (Phi) is 37.9. The van der Waals surface area contributed by atoms with Gasteiger partial charge < -0.3 is 64.2 Å². The van der Waals surface area contributed by atoms with E-state index in [1.54, 1.807) is 0 Å². The Morgan fingerprint density at radius 3 is 1.39 bits per heavy atom. The van der Waals surface area contributed by atoms with Crippen LogP contribution < -0.4 is 0 Å². The van der Waals surface area contributed by atoms with Gasteiger partial charge in [0.15, 0.2) is 18.7 Å². The molecule has 2 aliphatic rings. The van der Waals surface area contributed by atoms with E-state index in [1.165, 1.54) is 109 Å². The van der Waals surface area contributed by atoms with Crippen molar-refractivity contribution in [2.24, 2.45) is 0 Å². The number of aliphatic hydroxyl groups is 7. The summed E-state index contributed by atoms with van der Waals surface area (Å²) in [5, 5.41) is 72.1. The van der Waals surface area contributed by atoms with Crippen LogP contribution in [0.5, 0.6) is 0 Å². The molecular formula is C54H98O15. The number of esters is 2. The Morgan fingerprint density at radius 1 is 0.464 bits per heavy atom. The second-order valence-corrected chi connectivity index (χ2v) is 19.4. The summed E-state index contributed by atoms with van der Waals surface area (Å²) in [6.07, 6.45) is 26.3. The highest BCUT2D eigenvalue weighted by molar-refractivity contribution is 5.70. The van der Waals surface area contributed by atoms with E-state index in [4.69, 9.17) is 28.4 Å². The summed E-state index contributed by atoms with van der Waals surface area (Å²) in [6, 6.07) is 0. The lowest BCUT2D eigenvalue weighted by Crippen LogP contribution is -2.61. The number of aliphatic hydroxyl groups excluding tert-OH is 7. The van der Waals surface area contributed by atoms with Gasteiger partial charge in [-0.15, -0.1) is 0 Å². The second-order valence-electron chi connectivity index (χ2n) is 19.4. The van der Waals surface area contributed by atoms with Gasteiger partial charge in [-0.1, -0.05) is 186 Å². The molecule has 7 N–H and O–H groups in total. The summed E-state index contributed by atoms with van der Waals surface area (Å²) in [4.78, 5) is 25.8. The fraction of sp³-hybridized carbons (Fsp3) is 0.889. The largest absolute Gasteiger partial charge is 0.462 e. The van der Waals surface area contributed by atoms with Gasteiger partial charge in [-0.2, -0.15) is 0 Å². The molecule has 4 unspecified atom stereocenters. The Hall–Kier alpha value is -2.02. The van der Waals surface area contributed by atoms with Crippen LogP contribution in [-0.4, -0.2) is 142 Å². The summed E-state index contributed by atoms with van der Waals surface area (Å²) in [7, 11) is 0. The third-order valence-corrected chi connectivity index (χ3v) is 13.2. The molecule has 15 heteroatoms. The molecular weight excluding hydrogens is 889 g/mol. The van der Waals surface area contributed by atoms with Gasteiger partial charge in [-0.25, -0.2) is 0 Å². The highest BCUT2D eigenvalue weighted by atomic mass is 16.7. The van der Waals surface area contributed by atoms with Crippen molar-refractivity contribution in [3.05, 3.63) is 24.3 Å². The number of ether oxygens (including phenoxy) is 6. The Balaban J connectivity index is 1.78. The first-order chi connectivity index (χ1) is 33.5. The van der Waals surface area contributed by atoms with Gasteiger partial charge in [-0.3, -0.25) is 9.59 Å². The summed E-state index contributed by atoms with van der Waals surface area (Å²) in [5.41, 5.74) is 0. The van der Waals surface area contributed by atoms with Crippen LogP contribution in [0.4, 0.5) is 0 Å². The first-order valence-electron chi connectivity index (χ1n) is 27.4. The summed E-state index contributed by atoms with van der Waals surface area (Å²) >= 11 is 0. The number of carbonyl (C=O) groups excluding carboxylic acids is 2. The van der Waals surface area contributed by atoms with E-state index in [0.717, 1.165) is 64.2 Å². The number of hydrogen-bond donors (Lipinski definition) is 7. The maximum atomic E-state index is 13.0. The Bertz CT molecular complexity index is 1300. The van der Waals surface area contributed by atoms with Crippen molar-refractivity contribution in [3.63, 3.8) is 0 Å². The van der Waals surface area contributed by atoms with E-state index in [-0.39, 0.29) is 26.1 Å². The van der Waals surface area contributed by atoms with Crippen LogP contribution in [0.3, 0.4) is 0 Å². The van der Waals surface area contributed by atoms with Crippen LogP contribution in [-0.2, 0) is 38.0 Å². The normalized spacial score (nSPS) is 25.7. The number of hydrogen-bond acceptors (Lipinski definition) is 15. The van der Waals surface area contributed by atoms with Gasteiger partial charge in [0, 0.05) is 12.8 Å². The van der Waals surface area contributed by atoms with Crippen molar-refractivity contribution in [3.8, 4) is 0 Å². The van der Waals surface area contributed by atoms with E-state index in [0.29, 0.717) is 12.8 Å². The van der Waals surface area contributed by atoms with Crippen LogP contribution in [0.2, 0.25) is 0 Å². The van der Waals surface area contributed by atoms with Gasteiger partial charge in [0.05, 0.1) is 19.8 Å². The molecule has 0 saturated carbocycles. The van der Waals surface area contributed by atoms with Crippen LogP contribution in [0.25, 0.3) is 0 Å². The lowest BCUT2D eigenvalue weighted by Gasteiger charge is -2.42. The van der Waals surface area contributed by atoms with Gasteiger partial charge in [0.2, 0.25) is 0 Å². The molecule has 2 rings (SSSR count). The summed E-state index contributed by atoms with van der Waals surface area (Å²) in [6.45, 7) is 2.56. The molecule has 0 aliphatic carbocycles. The van der Waals surface area contributed by atoms with Crippen molar-refractivity contribution in [1.29, 1.82) is 0 Å². The fourth-order valence-electron chi connectivity index (χ4n) is 8.65. The zero-order chi connectivity index (χ0) is 50.3. The highest BCUT2D eigenvalue weighted by Crippen LogP contribution is 2.27. The molecule has 2 saturated heterocycles. The van der Waals surface area contributed by atoms with Crippen molar-refractivity contribution >= 4 is 11.9 Å². The van der Waals surface area contributed by atoms with Gasteiger partial charge in [-0.05, 0) is 38.5 Å². The first kappa shape index (κ1) is 63.1. The predicted octanol–water partition coefficient (Wildman–Crippen LogP) is 8.33. The van der Waals surface area contributed by atoms with E-state index in [9.17, 15) is 45.3 Å². The van der Waals surface area contributed by atoms with E-state index >= 15 is 0 Å². The maximum absolute atomic E-state index is 13.0. The molecule has 2 fully saturated rings. The Labute approximate surface area is 415 Å². The summed E-state index contributed by atoms with van der Waals surface area (Å²) in [5.74, 6) is -0.932. The molecule has 15 nitrogen and oxygen atoms in total. The summed E-state index contributed by atoms with van der Waals surface area (Å²) < 4.78 is 33.6. The fourth-order valence-corrected chi connectivity index (χ4v) is 8.65. The minimum absolute atomic E-state index is 0.167. The van der Waals surface area contributed by atoms with Crippen LogP contribution in [0.1, 0.15) is 213 Å². The monoisotopic (exact) mass is 987 g/mol. The zero-order valence-corrected chi connectivity index (χ0v) is 42.8. The smallest absolute Gasteiger partial charge is 0.306 e. The van der Waals surface area contributed by atoms with Crippen LogP contribution >= 0.6 is 0 Å². The number of unbranched alkanes of at least 4 members (excludes halogenated alkanes) is 25. The topological polar surface area (TPSA) is 231 Å². The first-order valence-corrected chi connectivity index (χ1v) is 27.4. The van der Waals surface area contributed by atoms with Gasteiger partial charge >= 0.3 is 11.9 Å². The highest BCUT2D eigenvalue weighted by Gasteiger charge is 2.47. The molecule has 0 radical (unpaired) electrons. The predicted molar refractivity (Wildman–Crippen MR) is 266 cm³/mol. The SMILES string of the molecule is CCCC/C=C/C/C=C/CCCCCCCC(=O)OC[C@H](CO[C@H]1O[C@@H](CO[C@H]2O[C@@H](CO)[C@@H](O)C(O)C2O)[C@@H](O)C(O)C1O)OC(=O)CCCCCCCCCCCCCCCCCCCCC. The zero-order valence-electron chi connectivity index (χ0n) is 42.8. The minimum atomic E-state index is -1.76. The number of carbonyl (C=O) groups is 2. The molecule has 0 bridgehead atoms. The lowest BCUT2D eigenvalue weighted by atomic mass is 9.98. The molecule has 0 aromatic heterocycles. The maximum Gasteiger partial charge on any atom is 0.306 e. The standard InChI is InChI=1S/C54H98O15/c1-3-5-7-9-11-13-15-17-19-20-21-22-23-25-27-29-31-33-35-37-46(57)67-42(39-64-45(56)36-34-32-30-28-26-24-18-16-14-12-10-8-6-4-2)40-65-53-52(63)50(61)48(59)44(69-53)41-66-54-51(62)49(60)47(58)43(38-55)68-54/h10,12,16,18,42-44,47-55,58-63H,3-9,11,13-15,17,19-41H2,1-2H3/b12-10+,18-16+/t42-,43+,44+,47-,48-,49?,50?,51?,52?,53+,54+/m1/s1. The second kappa shape index (κ2) is 41.5. The third kappa shape index (κ3) is 29.3. The molecule has 69 heavy (non-hydrogen) atoms. The van der Waals surface area contributed by atoms with E-state index < -0.39 is 92.7 Å². The van der Waals surface area contributed by atoms with Gasteiger partial charge in [0.1, 0.15) is 55.4 Å². The molecule has 404 valence electrons. The van der Waals surface area contributed by atoms with Crippen molar-refractivity contribution in [1.82, 2.24) is 0 Å². The molecule has 0 aromatic rings. The Morgan fingerprint density at radius 2 is 0.884 bits per heavy atom. The average Bonchev–Trinajstić information content (AvgIpc) is 3.34. The third-order valence-electron chi connectivity index (χ3n) is 13.2. The van der Waals surface area contributed by atoms with Crippen molar-refractivity contribution < 1.29 is 73.8 Å². The molecule has 2 heterocycles. The van der Waals surface area contributed by atoms with Gasteiger partial charge in [0.25, 0.3) is 0 Å². The molecule has 2 aliphatic heterocycles. The quantitative estimate of drug-likeness (QED) is 0.0173. The number of rotatable bonds is 43. The molecule has 11 atom stereocenters. The number of allylic oxidation sites excluding steroid dienone is 4. The van der Waals surface area contributed by atoms with Crippen LogP contribution in [0, 0.1) is 0 Å². The molecule has 0 aromatic carbocycles. The lowest BCUT2D eigenvalue weighted by molar-refractivity contribution is -0.332. The van der Waals surface area contributed by atoms with Crippen molar-refractivity contribution in [2.45, 2.75) is 280 Å². The molecule has 0 amide bonds. The van der Waals surface area contributed by atoms with E-state index in [2.05, 4.69) is 38.2 Å².